The number of hydrogen-bond donors (Lipinski definition) is 1. The maximum Gasteiger partial charge on any atom is 0.264 e. The molecule has 0 aliphatic carbocycles. The summed E-state index contributed by atoms with van der Waals surface area (Å²) in [6.07, 6.45) is 0.927. The Morgan fingerprint density at radius 1 is 0.844 bits per heavy atom. The van der Waals surface area contributed by atoms with Gasteiger partial charge in [-0.05, 0) is 61.7 Å². The number of nitrogens with one attached hydrogen (secondary N) is 1. The Kier molecular flexibility index (Phi) is 11.7. The van der Waals surface area contributed by atoms with Crippen molar-refractivity contribution in [1.29, 1.82) is 0 Å². The summed E-state index contributed by atoms with van der Waals surface area (Å²) in [6, 6.07) is 28.3. The van der Waals surface area contributed by atoms with Crippen molar-refractivity contribution in [2.24, 2.45) is 0 Å². The molecule has 1 N–H and O–H groups in total. The fourth-order valence-corrected chi connectivity index (χ4v) is 6.79. The van der Waals surface area contributed by atoms with E-state index in [0.717, 1.165) is 21.0 Å². The molecule has 236 valence electrons. The van der Waals surface area contributed by atoms with E-state index < -0.39 is 28.5 Å². The van der Waals surface area contributed by atoms with Gasteiger partial charge in [0.15, 0.2) is 0 Å². The fraction of sp³-hybridized carbons (Fsp3) is 0.257. The molecular formula is C35H37Cl2N3O4S. The molecule has 0 saturated heterocycles. The Morgan fingerprint density at radius 2 is 1.49 bits per heavy atom. The lowest BCUT2D eigenvalue weighted by Crippen LogP contribution is -2.54. The van der Waals surface area contributed by atoms with Crippen LogP contribution >= 0.6 is 23.2 Å². The number of amides is 2. The van der Waals surface area contributed by atoms with Crippen LogP contribution in [0.4, 0.5) is 5.69 Å². The van der Waals surface area contributed by atoms with Crippen LogP contribution < -0.4 is 9.62 Å². The zero-order valence-electron chi connectivity index (χ0n) is 25.5. The highest BCUT2D eigenvalue weighted by Crippen LogP contribution is 2.33. The predicted molar refractivity (Wildman–Crippen MR) is 181 cm³/mol. The topological polar surface area (TPSA) is 86.8 Å². The van der Waals surface area contributed by atoms with Gasteiger partial charge in [0.2, 0.25) is 11.8 Å². The van der Waals surface area contributed by atoms with E-state index in [1.807, 2.05) is 75.4 Å². The fourth-order valence-electron chi connectivity index (χ4n) is 4.91. The molecule has 0 fully saturated rings. The van der Waals surface area contributed by atoms with Crippen molar-refractivity contribution in [1.82, 2.24) is 10.2 Å². The second-order valence-electron chi connectivity index (χ2n) is 11.0. The number of carbonyl (C=O) groups excluding carboxylic acids is 2. The number of anilines is 1. The van der Waals surface area contributed by atoms with Crippen molar-refractivity contribution in [3.05, 3.63) is 130 Å². The molecule has 0 unspecified atom stereocenters. The Bertz CT molecular complexity index is 1720. The van der Waals surface area contributed by atoms with Crippen LogP contribution in [0.25, 0.3) is 0 Å². The van der Waals surface area contributed by atoms with Crippen molar-refractivity contribution < 1.29 is 18.0 Å². The van der Waals surface area contributed by atoms with Gasteiger partial charge in [-0.15, -0.1) is 0 Å². The van der Waals surface area contributed by atoms with Crippen LogP contribution in [-0.2, 0) is 32.6 Å². The van der Waals surface area contributed by atoms with Gasteiger partial charge in [0.1, 0.15) is 12.6 Å². The molecule has 0 radical (unpaired) electrons. The summed E-state index contributed by atoms with van der Waals surface area (Å²) in [5, 5.41) is 3.39. The van der Waals surface area contributed by atoms with Crippen LogP contribution in [0.1, 0.15) is 37.0 Å². The third-order valence-electron chi connectivity index (χ3n) is 7.49. The van der Waals surface area contributed by atoms with Crippen LogP contribution in [0.2, 0.25) is 10.0 Å². The quantitative estimate of drug-likeness (QED) is 0.166. The third-order valence-corrected chi connectivity index (χ3v) is 9.82. The van der Waals surface area contributed by atoms with Crippen LogP contribution in [0.3, 0.4) is 0 Å². The molecule has 2 amide bonds. The first-order chi connectivity index (χ1) is 21.5. The van der Waals surface area contributed by atoms with Crippen LogP contribution in [-0.4, -0.2) is 43.8 Å². The number of aryl methyl sites for hydroxylation is 1. The minimum atomic E-state index is -4.29. The molecule has 45 heavy (non-hydrogen) atoms. The Morgan fingerprint density at radius 3 is 2.13 bits per heavy atom. The molecule has 0 spiro atoms. The molecule has 0 saturated carbocycles. The molecular weight excluding hydrogens is 629 g/mol. The van der Waals surface area contributed by atoms with Gasteiger partial charge >= 0.3 is 0 Å². The minimum Gasteiger partial charge on any atom is -0.352 e. The van der Waals surface area contributed by atoms with Crippen molar-refractivity contribution in [2.75, 3.05) is 10.8 Å². The zero-order chi connectivity index (χ0) is 32.6. The third kappa shape index (κ3) is 8.87. The molecule has 10 heteroatoms. The van der Waals surface area contributed by atoms with E-state index in [4.69, 9.17) is 23.2 Å². The van der Waals surface area contributed by atoms with Crippen molar-refractivity contribution in [2.45, 2.75) is 57.1 Å². The van der Waals surface area contributed by atoms with E-state index in [9.17, 15) is 18.0 Å². The van der Waals surface area contributed by atoms with E-state index >= 15 is 0 Å². The first-order valence-corrected chi connectivity index (χ1v) is 16.9. The Labute approximate surface area is 275 Å². The van der Waals surface area contributed by atoms with Crippen LogP contribution in [0.5, 0.6) is 0 Å². The summed E-state index contributed by atoms with van der Waals surface area (Å²) >= 11 is 12.8. The average Bonchev–Trinajstić information content (AvgIpc) is 3.03. The highest BCUT2D eigenvalue weighted by atomic mass is 35.5. The summed E-state index contributed by atoms with van der Waals surface area (Å²) < 4.78 is 29.2. The number of rotatable bonds is 13. The van der Waals surface area contributed by atoms with Gasteiger partial charge in [0.05, 0.1) is 15.6 Å². The summed E-state index contributed by atoms with van der Waals surface area (Å²) in [6.45, 7) is 5.27. The monoisotopic (exact) mass is 665 g/mol. The lowest BCUT2D eigenvalue weighted by atomic mass is 10.0. The van der Waals surface area contributed by atoms with Gasteiger partial charge in [-0.25, -0.2) is 8.42 Å². The standard InChI is InChI=1S/C35H37Cl2N3O4S/c1-4-26(3)38-35(42)33(21-27-13-7-5-8-14-27)39(23-28-15-11-12-25(2)20-28)34(41)24-40(32-22-29(36)18-19-31(32)37)45(43,44)30-16-9-6-10-17-30/h5-20,22,26,33H,4,21,23-24H2,1-3H3,(H,38,42)/t26-,33-/m1/s1. The molecule has 4 aromatic carbocycles. The normalized spacial score (nSPS) is 12.6. The molecule has 0 heterocycles. The van der Waals surface area contributed by atoms with E-state index in [2.05, 4.69) is 5.32 Å². The van der Waals surface area contributed by atoms with Gasteiger partial charge in [-0.1, -0.05) is 108 Å². The zero-order valence-corrected chi connectivity index (χ0v) is 27.8. The number of hydrogen-bond acceptors (Lipinski definition) is 4. The molecule has 0 bridgehead atoms. The lowest BCUT2D eigenvalue weighted by molar-refractivity contribution is -0.140. The van der Waals surface area contributed by atoms with E-state index in [1.165, 1.54) is 29.2 Å². The molecule has 2 atom stereocenters. The second kappa shape index (κ2) is 15.4. The Balaban J connectivity index is 1.83. The van der Waals surface area contributed by atoms with Crippen molar-refractivity contribution in [3.8, 4) is 0 Å². The molecule has 4 rings (SSSR count). The maximum absolute atomic E-state index is 14.5. The van der Waals surface area contributed by atoms with Gasteiger partial charge in [-0.2, -0.15) is 0 Å². The summed E-state index contributed by atoms with van der Waals surface area (Å²) in [5.41, 5.74) is 2.70. The van der Waals surface area contributed by atoms with Gasteiger partial charge in [-0.3, -0.25) is 13.9 Å². The second-order valence-corrected chi connectivity index (χ2v) is 13.7. The molecule has 0 aliphatic rings. The van der Waals surface area contributed by atoms with E-state index in [-0.39, 0.29) is 45.5 Å². The average molecular weight is 667 g/mol. The molecule has 0 aliphatic heterocycles. The summed E-state index contributed by atoms with van der Waals surface area (Å²) in [7, 11) is -4.29. The molecule has 4 aromatic rings. The summed E-state index contributed by atoms with van der Waals surface area (Å²) in [5.74, 6) is -0.903. The van der Waals surface area contributed by atoms with Crippen molar-refractivity contribution >= 4 is 50.7 Å². The smallest absolute Gasteiger partial charge is 0.264 e. The van der Waals surface area contributed by atoms with Crippen molar-refractivity contribution in [3.63, 3.8) is 0 Å². The first-order valence-electron chi connectivity index (χ1n) is 14.7. The highest BCUT2D eigenvalue weighted by molar-refractivity contribution is 7.92. The van der Waals surface area contributed by atoms with Gasteiger partial charge < -0.3 is 10.2 Å². The molecule has 0 aromatic heterocycles. The SMILES string of the molecule is CC[C@@H](C)NC(=O)[C@@H](Cc1ccccc1)N(Cc1cccc(C)c1)C(=O)CN(c1cc(Cl)ccc1Cl)S(=O)(=O)c1ccccc1. The highest BCUT2D eigenvalue weighted by Gasteiger charge is 2.35. The maximum atomic E-state index is 14.5. The van der Waals surface area contributed by atoms with Gasteiger partial charge in [0.25, 0.3) is 10.0 Å². The first kappa shape index (κ1) is 34.0. The largest absolute Gasteiger partial charge is 0.352 e. The number of benzene rings is 4. The van der Waals surface area contributed by atoms with E-state index in [0.29, 0.717) is 6.42 Å². The van der Waals surface area contributed by atoms with E-state index in [1.54, 1.807) is 24.3 Å². The van der Waals surface area contributed by atoms with Gasteiger partial charge in [0, 0.05) is 24.0 Å². The number of sulfonamides is 1. The number of halogens is 2. The minimum absolute atomic E-state index is 0.0191. The Hall–Kier alpha value is -3.85. The summed E-state index contributed by atoms with van der Waals surface area (Å²) in [4.78, 5) is 29.9. The number of carbonyl (C=O) groups is 2. The predicted octanol–water partition coefficient (Wildman–Crippen LogP) is 7.05. The lowest BCUT2D eigenvalue weighted by Gasteiger charge is -2.34. The molecule has 7 nitrogen and oxygen atoms in total. The number of nitrogens with zero attached hydrogens (tertiary/aromatic N) is 2. The van der Waals surface area contributed by atoms with Crippen LogP contribution in [0, 0.1) is 6.92 Å². The van der Waals surface area contributed by atoms with Crippen LogP contribution in [0.15, 0.2) is 108 Å².